The van der Waals surface area contributed by atoms with Gasteiger partial charge in [0.05, 0.1) is 14.2 Å². The van der Waals surface area contributed by atoms with Gasteiger partial charge < -0.3 is 39.0 Å². The molecule has 1 saturated heterocycles. The predicted molar refractivity (Wildman–Crippen MR) is 230 cm³/mol. The molecule has 2 aromatic carbocycles. The number of allylic oxidation sites excluding steroid dienone is 12. The van der Waals surface area contributed by atoms with E-state index >= 15 is 0 Å². The highest BCUT2D eigenvalue weighted by Crippen LogP contribution is 2.30. The first-order valence-electron chi connectivity index (χ1n) is 19.2. The van der Waals surface area contributed by atoms with Crippen molar-refractivity contribution in [3.05, 3.63) is 140 Å². The maximum Gasteiger partial charge on any atom is 0.331 e. The van der Waals surface area contributed by atoms with Crippen LogP contribution in [0, 0.1) is 41.5 Å². The minimum Gasteiger partial charge on any atom is -0.496 e. The monoisotopic (exact) mass is 796 g/mol. The van der Waals surface area contributed by atoms with E-state index in [4.69, 9.17) is 23.7 Å². The lowest BCUT2D eigenvalue weighted by atomic mass is 9.96. The number of aliphatic hydroxyl groups is 3. The van der Waals surface area contributed by atoms with Gasteiger partial charge in [0.2, 0.25) is 0 Å². The smallest absolute Gasteiger partial charge is 0.331 e. The van der Waals surface area contributed by atoms with E-state index in [1.807, 2.05) is 84.1 Å². The average molecular weight is 797 g/mol. The van der Waals surface area contributed by atoms with Crippen LogP contribution in [-0.4, -0.2) is 78.8 Å². The highest BCUT2D eigenvalue weighted by atomic mass is 16.7. The van der Waals surface area contributed by atoms with Crippen molar-refractivity contribution in [1.29, 1.82) is 0 Å². The molecule has 0 unspecified atom stereocenters. The Balaban J connectivity index is 1.51. The number of benzene rings is 2. The topological polar surface area (TPSA) is 141 Å². The zero-order valence-electron chi connectivity index (χ0n) is 35.9. The lowest BCUT2D eigenvalue weighted by Crippen LogP contribution is -2.60. The summed E-state index contributed by atoms with van der Waals surface area (Å²) in [5, 5.41) is 31.9. The number of ether oxygens (including phenoxy) is 5. The standard InChI is InChI=1S/C48H60O10/c1-28(19-21-38-32(5)25-40(54-11)36(9)34(38)7)15-13-17-30(3)23-43(49)56-27-42-45(51)46(52)47(48(53)57-42)58-44(50)24-31(4)18-14-16-29(2)20-22-39-33(6)26-41(55-12)37(10)35(39)8/h13-26,42,45-48,51-53H,27H2,1-12H3/t42-,45-,46+,47-,48+/m1/s1. The molecule has 1 aliphatic heterocycles. The van der Waals surface area contributed by atoms with Gasteiger partial charge in [0.1, 0.15) is 36.4 Å². The number of carbonyl (C=O) groups is 2. The largest absolute Gasteiger partial charge is 0.496 e. The van der Waals surface area contributed by atoms with E-state index < -0.39 is 49.3 Å². The third-order valence-corrected chi connectivity index (χ3v) is 10.1. The third-order valence-electron chi connectivity index (χ3n) is 10.1. The molecular formula is C48H60O10. The molecular weight excluding hydrogens is 737 g/mol. The van der Waals surface area contributed by atoms with Crippen molar-refractivity contribution in [2.24, 2.45) is 0 Å². The number of carbonyl (C=O) groups excluding carboxylic acids is 2. The Morgan fingerprint density at radius 1 is 0.638 bits per heavy atom. The predicted octanol–water partition coefficient (Wildman–Crippen LogP) is 8.07. The number of hydrogen-bond donors (Lipinski definition) is 3. The van der Waals surface area contributed by atoms with Crippen LogP contribution >= 0.6 is 0 Å². The summed E-state index contributed by atoms with van der Waals surface area (Å²) in [6.07, 6.45) is 13.6. The van der Waals surface area contributed by atoms with Crippen molar-refractivity contribution in [3.63, 3.8) is 0 Å². The number of aryl methyl sites for hydroxylation is 2. The number of hydrogen-bond acceptors (Lipinski definition) is 10. The second-order valence-electron chi connectivity index (χ2n) is 14.7. The van der Waals surface area contributed by atoms with Gasteiger partial charge in [0.25, 0.3) is 0 Å². The maximum atomic E-state index is 12.7. The summed E-state index contributed by atoms with van der Waals surface area (Å²) in [6.45, 7) is 19.2. The van der Waals surface area contributed by atoms with Crippen LogP contribution in [-0.2, 0) is 23.8 Å². The molecule has 2 aromatic rings. The van der Waals surface area contributed by atoms with Crippen LogP contribution in [0.2, 0.25) is 0 Å². The fraction of sp³-hybridized carbons (Fsp3) is 0.375. The van der Waals surface area contributed by atoms with Gasteiger partial charge in [0.15, 0.2) is 12.4 Å². The Morgan fingerprint density at radius 3 is 1.53 bits per heavy atom. The average Bonchev–Trinajstić information content (AvgIpc) is 3.16. The summed E-state index contributed by atoms with van der Waals surface area (Å²) in [6, 6.07) is 4.05. The number of rotatable bonds is 15. The first kappa shape index (κ1) is 47.1. The molecule has 0 spiro atoms. The summed E-state index contributed by atoms with van der Waals surface area (Å²) in [5.74, 6) is 0.177. The van der Waals surface area contributed by atoms with Crippen LogP contribution in [0.1, 0.15) is 72.2 Å². The molecule has 1 heterocycles. The molecule has 0 saturated carbocycles. The SMILES string of the molecule is COc1cc(C)c(C=CC(C)=CC=CC(C)=CC(=O)OC[C@H]2O[C@H](O)[C@H](OC(=O)C=C(C)C=CC=C(C)C=Cc3c(C)cc(OC)c(C)c3C)[C@@H](O)[C@@H]2O)c(C)c1C. The molecule has 312 valence electrons. The van der Waals surface area contributed by atoms with Gasteiger partial charge in [-0.2, -0.15) is 0 Å². The Kier molecular flexibility index (Phi) is 17.9. The first-order chi connectivity index (χ1) is 27.4. The van der Waals surface area contributed by atoms with Gasteiger partial charge in [-0.3, -0.25) is 0 Å². The highest BCUT2D eigenvalue weighted by Gasteiger charge is 2.46. The highest BCUT2D eigenvalue weighted by molar-refractivity contribution is 5.84. The Labute approximate surface area is 343 Å². The molecule has 3 rings (SSSR count). The zero-order chi connectivity index (χ0) is 43.3. The van der Waals surface area contributed by atoms with Crippen LogP contribution in [0.4, 0.5) is 0 Å². The second kappa shape index (κ2) is 22.0. The summed E-state index contributed by atoms with van der Waals surface area (Å²) in [4.78, 5) is 25.2. The Bertz CT molecular complexity index is 2050. The molecule has 0 amide bonds. The summed E-state index contributed by atoms with van der Waals surface area (Å²) < 4.78 is 26.8. The van der Waals surface area contributed by atoms with Crippen molar-refractivity contribution in [2.75, 3.05) is 20.8 Å². The van der Waals surface area contributed by atoms with Gasteiger partial charge in [-0.1, -0.05) is 71.9 Å². The normalized spacial score (nSPS) is 21.1. The van der Waals surface area contributed by atoms with E-state index in [1.54, 1.807) is 46.3 Å². The summed E-state index contributed by atoms with van der Waals surface area (Å²) in [7, 11) is 3.34. The van der Waals surface area contributed by atoms with Crippen LogP contribution < -0.4 is 9.47 Å². The summed E-state index contributed by atoms with van der Waals surface area (Å²) in [5.41, 5.74) is 12.1. The molecule has 10 heteroatoms. The lowest BCUT2D eigenvalue weighted by Gasteiger charge is -2.39. The molecule has 3 N–H and O–H groups in total. The van der Waals surface area contributed by atoms with Gasteiger partial charge in [-0.15, -0.1) is 0 Å². The molecule has 5 atom stereocenters. The third kappa shape index (κ3) is 13.1. The van der Waals surface area contributed by atoms with Crippen molar-refractivity contribution in [1.82, 2.24) is 0 Å². The van der Waals surface area contributed by atoms with Crippen molar-refractivity contribution in [3.8, 4) is 11.5 Å². The van der Waals surface area contributed by atoms with Gasteiger partial charge >= 0.3 is 11.9 Å². The van der Waals surface area contributed by atoms with E-state index in [0.717, 1.165) is 67.2 Å². The van der Waals surface area contributed by atoms with Crippen LogP contribution in [0.3, 0.4) is 0 Å². The lowest BCUT2D eigenvalue weighted by molar-refractivity contribution is -0.290. The fourth-order valence-electron chi connectivity index (χ4n) is 6.34. The van der Waals surface area contributed by atoms with E-state index in [0.29, 0.717) is 11.1 Å². The molecule has 0 aliphatic carbocycles. The zero-order valence-corrected chi connectivity index (χ0v) is 35.9. The van der Waals surface area contributed by atoms with Crippen molar-refractivity contribution < 1.29 is 48.6 Å². The van der Waals surface area contributed by atoms with Crippen LogP contribution in [0.15, 0.2) is 95.2 Å². The number of aliphatic hydroxyl groups excluding tert-OH is 3. The van der Waals surface area contributed by atoms with E-state index in [9.17, 15) is 24.9 Å². The van der Waals surface area contributed by atoms with Crippen LogP contribution in [0.5, 0.6) is 11.5 Å². The van der Waals surface area contributed by atoms with Gasteiger partial charge in [0, 0.05) is 12.2 Å². The molecule has 58 heavy (non-hydrogen) atoms. The minimum atomic E-state index is -1.78. The quantitative estimate of drug-likeness (QED) is 0.0921. The van der Waals surface area contributed by atoms with Crippen molar-refractivity contribution in [2.45, 2.75) is 99.9 Å². The molecule has 1 fully saturated rings. The fourth-order valence-corrected chi connectivity index (χ4v) is 6.34. The van der Waals surface area contributed by atoms with Crippen molar-refractivity contribution >= 4 is 24.1 Å². The van der Waals surface area contributed by atoms with E-state index in [-0.39, 0.29) is 0 Å². The van der Waals surface area contributed by atoms with E-state index in [2.05, 4.69) is 26.0 Å². The molecule has 1 aliphatic rings. The minimum absolute atomic E-state index is 0.458. The molecule has 0 bridgehead atoms. The maximum absolute atomic E-state index is 12.7. The second-order valence-corrected chi connectivity index (χ2v) is 14.7. The first-order valence-corrected chi connectivity index (χ1v) is 19.2. The van der Waals surface area contributed by atoms with Gasteiger partial charge in [-0.25, -0.2) is 9.59 Å². The Morgan fingerprint density at radius 2 is 1.09 bits per heavy atom. The number of esters is 2. The summed E-state index contributed by atoms with van der Waals surface area (Å²) >= 11 is 0. The number of methoxy groups -OCH3 is 2. The molecule has 10 nitrogen and oxygen atoms in total. The molecule has 0 radical (unpaired) electrons. The molecule has 0 aromatic heterocycles. The van der Waals surface area contributed by atoms with Gasteiger partial charge in [-0.05, 0) is 137 Å². The van der Waals surface area contributed by atoms with E-state index in [1.165, 1.54) is 12.2 Å². The Hall–Kier alpha value is -5.26. The van der Waals surface area contributed by atoms with Crippen LogP contribution in [0.25, 0.3) is 12.2 Å².